The second-order valence-electron chi connectivity index (χ2n) is 4.34. The second-order valence-corrected chi connectivity index (χ2v) is 4.34. The number of rotatable bonds is 2. The van der Waals surface area contributed by atoms with Gasteiger partial charge >= 0.3 is 0 Å². The molecule has 4 nitrogen and oxygen atoms in total. The zero-order valence-electron chi connectivity index (χ0n) is 10.9. The quantitative estimate of drug-likeness (QED) is 0.531. The van der Waals surface area contributed by atoms with Crippen molar-refractivity contribution in [3.8, 4) is 11.5 Å². The van der Waals surface area contributed by atoms with Gasteiger partial charge in [-0.05, 0) is 23.6 Å². The van der Waals surface area contributed by atoms with Crippen LogP contribution in [0.5, 0.6) is 11.5 Å². The molecule has 0 heterocycles. The molecule has 3 aromatic carbocycles. The van der Waals surface area contributed by atoms with Crippen molar-refractivity contribution in [2.24, 2.45) is 10.2 Å². The first-order chi connectivity index (χ1) is 9.75. The van der Waals surface area contributed by atoms with Crippen LogP contribution in [0.2, 0.25) is 0 Å². The van der Waals surface area contributed by atoms with Crippen LogP contribution < -0.4 is 0 Å². The number of phenolic OH excluding ortho intramolecular Hbond substituents is 2. The van der Waals surface area contributed by atoms with Gasteiger partial charge in [-0.15, -0.1) is 10.2 Å². The number of nitrogens with zero attached hydrogens (tertiary/aromatic N) is 2. The van der Waals surface area contributed by atoms with Crippen molar-refractivity contribution in [1.82, 2.24) is 0 Å². The van der Waals surface area contributed by atoms with Gasteiger partial charge in [0.15, 0.2) is 5.75 Å². The molecule has 0 fully saturated rings. The zero-order chi connectivity index (χ0) is 13.9. The molecule has 0 saturated carbocycles. The molecule has 0 aliphatic rings. The number of phenols is 2. The largest absolute Gasteiger partial charge is 0.506 e. The van der Waals surface area contributed by atoms with E-state index in [0.717, 1.165) is 10.8 Å². The SMILES string of the molecule is Oc1ccccc1N=Nc1ccc2ccccc2c1O.[Cu]. The summed E-state index contributed by atoms with van der Waals surface area (Å²) < 4.78 is 0. The third-order valence-corrected chi connectivity index (χ3v) is 3.03. The molecular formula is C16H12CuN2O2. The van der Waals surface area contributed by atoms with E-state index in [1.165, 1.54) is 6.07 Å². The molecule has 0 saturated heterocycles. The van der Waals surface area contributed by atoms with Crippen molar-refractivity contribution < 1.29 is 27.3 Å². The molecule has 0 unspecified atom stereocenters. The number of fused-ring (bicyclic) bond motifs is 1. The van der Waals surface area contributed by atoms with Gasteiger partial charge in [0, 0.05) is 22.5 Å². The minimum absolute atomic E-state index is 0. The predicted molar refractivity (Wildman–Crippen MR) is 77.9 cm³/mol. The normalized spacial score (nSPS) is 10.7. The third kappa shape index (κ3) is 3.05. The summed E-state index contributed by atoms with van der Waals surface area (Å²) in [7, 11) is 0. The maximum atomic E-state index is 10.2. The first kappa shape index (κ1) is 15.0. The summed E-state index contributed by atoms with van der Waals surface area (Å²) in [5.41, 5.74) is 0.729. The van der Waals surface area contributed by atoms with Crippen LogP contribution in [-0.2, 0) is 17.1 Å². The van der Waals surface area contributed by atoms with Crippen LogP contribution in [0.1, 0.15) is 0 Å². The van der Waals surface area contributed by atoms with Crippen LogP contribution in [0.3, 0.4) is 0 Å². The molecule has 2 N–H and O–H groups in total. The zero-order valence-corrected chi connectivity index (χ0v) is 11.8. The van der Waals surface area contributed by atoms with E-state index in [-0.39, 0.29) is 28.6 Å². The minimum atomic E-state index is 0. The Morgan fingerprint density at radius 1 is 0.667 bits per heavy atom. The Morgan fingerprint density at radius 3 is 2.14 bits per heavy atom. The minimum Gasteiger partial charge on any atom is -0.506 e. The van der Waals surface area contributed by atoms with Gasteiger partial charge < -0.3 is 10.2 Å². The molecule has 3 rings (SSSR count). The monoisotopic (exact) mass is 327 g/mol. The molecule has 0 aliphatic heterocycles. The number of aromatic hydroxyl groups is 2. The van der Waals surface area contributed by atoms with Crippen LogP contribution in [0, 0.1) is 0 Å². The van der Waals surface area contributed by atoms with Crippen LogP contribution in [0.4, 0.5) is 11.4 Å². The molecule has 0 atom stereocenters. The van der Waals surface area contributed by atoms with E-state index in [1.807, 2.05) is 30.3 Å². The van der Waals surface area contributed by atoms with Crippen molar-refractivity contribution in [1.29, 1.82) is 0 Å². The van der Waals surface area contributed by atoms with Gasteiger partial charge in [0.05, 0.1) is 0 Å². The predicted octanol–water partition coefficient (Wildman–Crippen LogP) is 4.66. The van der Waals surface area contributed by atoms with E-state index in [2.05, 4.69) is 10.2 Å². The Hall–Kier alpha value is -2.36. The van der Waals surface area contributed by atoms with Gasteiger partial charge in [0.2, 0.25) is 0 Å². The summed E-state index contributed by atoms with van der Waals surface area (Å²) in [6.07, 6.45) is 0. The molecule has 0 amide bonds. The molecule has 21 heavy (non-hydrogen) atoms. The summed E-state index contributed by atoms with van der Waals surface area (Å²) in [4.78, 5) is 0. The third-order valence-electron chi connectivity index (χ3n) is 3.03. The Labute approximate surface area is 132 Å². The Kier molecular flexibility index (Phi) is 4.58. The van der Waals surface area contributed by atoms with E-state index in [4.69, 9.17) is 0 Å². The molecule has 0 aromatic heterocycles. The van der Waals surface area contributed by atoms with E-state index in [9.17, 15) is 10.2 Å². The average molecular weight is 328 g/mol. The number of azo groups is 1. The second kappa shape index (κ2) is 6.39. The molecule has 0 aliphatic carbocycles. The van der Waals surface area contributed by atoms with Crippen LogP contribution >= 0.6 is 0 Å². The summed E-state index contributed by atoms with van der Waals surface area (Å²) in [5.74, 6) is 0.138. The maximum absolute atomic E-state index is 10.2. The van der Waals surface area contributed by atoms with Gasteiger partial charge in [0.25, 0.3) is 0 Å². The van der Waals surface area contributed by atoms with Crippen LogP contribution in [0.25, 0.3) is 10.8 Å². The van der Waals surface area contributed by atoms with Gasteiger partial charge in [-0.1, -0.05) is 42.5 Å². The summed E-state index contributed by atoms with van der Waals surface area (Å²) in [6.45, 7) is 0. The van der Waals surface area contributed by atoms with Crippen molar-refractivity contribution in [2.45, 2.75) is 0 Å². The van der Waals surface area contributed by atoms with E-state index in [0.29, 0.717) is 11.4 Å². The van der Waals surface area contributed by atoms with E-state index in [1.54, 1.807) is 24.3 Å². The van der Waals surface area contributed by atoms with Gasteiger partial charge in [-0.3, -0.25) is 0 Å². The molecule has 0 spiro atoms. The fourth-order valence-electron chi connectivity index (χ4n) is 1.98. The smallest absolute Gasteiger partial charge is 0.150 e. The van der Waals surface area contributed by atoms with Crippen molar-refractivity contribution >= 4 is 22.1 Å². The van der Waals surface area contributed by atoms with Gasteiger partial charge in [0.1, 0.15) is 17.1 Å². The molecule has 3 aromatic rings. The van der Waals surface area contributed by atoms with E-state index < -0.39 is 0 Å². The molecular weight excluding hydrogens is 316 g/mol. The number of hydrogen-bond donors (Lipinski definition) is 2. The van der Waals surface area contributed by atoms with Crippen molar-refractivity contribution in [3.63, 3.8) is 0 Å². The average Bonchev–Trinajstić information content (AvgIpc) is 2.48. The van der Waals surface area contributed by atoms with Crippen LogP contribution in [-0.4, -0.2) is 10.2 Å². The van der Waals surface area contributed by atoms with Crippen molar-refractivity contribution in [3.05, 3.63) is 60.7 Å². The summed E-state index contributed by atoms with van der Waals surface area (Å²) >= 11 is 0. The fourth-order valence-corrected chi connectivity index (χ4v) is 1.98. The van der Waals surface area contributed by atoms with Crippen LogP contribution in [0.15, 0.2) is 70.9 Å². The summed E-state index contributed by atoms with van der Waals surface area (Å²) in [6, 6.07) is 17.7. The molecule has 1 radical (unpaired) electrons. The fraction of sp³-hybridized carbons (Fsp3) is 0. The Bertz CT molecular complexity index is 803. The standard InChI is InChI=1S/C16H12N2O2.Cu/c19-15-8-4-3-7-13(15)17-18-14-10-9-11-5-1-2-6-12(11)16(14)20;/h1-10,19-20H;. The number of hydrogen-bond acceptors (Lipinski definition) is 4. The van der Waals surface area contributed by atoms with E-state index >= 15 is 0 Å². The Morgan fingerprint density at radius 2 is 1.33 bits per heavy atom. The molecule has 109 valence electrons. The summed E-state index contributed by atoms with van der Waals surface area (Å²) in [5, 5.41) is 29.4. The van der Waals surface area contributed by atoms with Gasteiger partial charge in [-0.2, -0.15) is 0 Å². The van der Waals surface area contributed by atoms with Gasteiger partial charge in [-0.25, -0.2) is 0 Å². The first-order valence-electron chi connectivity index (χ1n) is 6.16. The number of benzene rings is 3. The maximum Gasteiger partial charge on any atom is 0.150 e. The molecule has 5 heteroatoms. The number of para-hydroxylation sites is 1. The Balaban J connectivity index is 0.00000161. The van der Waals surface area contributed by atoms with Crippen molar-refractivity contribution in [2.75, 3.05) is 0 Å². The molecule has 0 bridgehead atoms. The first-order valence-corrected chi connectivity index (χ1v) is 6.16. The topological polar surface area (TPSA) is 65.2 Å².